The maximum Gasteiger partial charge on any atom is 0.262 e. The van der Waals surface area contributed by atoms with E-state index >= 15 is 0 Å². The van der Waals surface area contributed by atoms with Crippen molar-refractivity contribution in [1.29, 1.82) is 5.26 Å². The molecule has 2 aromatic carbocycles. The van der Waals surface area contributed by atoms with Gasteiger partial charge in [0.05, 0.1) is 27.2 Å². The molecule has 0 saturated heterocycles. The van der Waals surface area contributed by atoms with Crippen molar-refractivity contribution in [3.63, 3.8) is 0 Å². The number of hydrogen-bond acceptors (Lipinski definition) is 5. The first-order valence-corrected chi connectivity index (χ1v) is 10.4. The molecule has 0 unspecified atom stereocenters. The predicted molar refractivity (Wildman–Crippen MR) is 115 cm³/mol. The molecular weight excluding hydrogens is 464 g/mol. The van der Waals surface area contributed by atoms with Gasteiger partial charge in [-0.3, -0.25) is 14.2 Å². The summed E-state index contributed by atoms with van der Waals surface area (Å²) in [6.07, 6.45) is 0. The number of benzene rings is 2. The van der Waals surface area contributed by atoms with Crippen LogP contribution in [0.3, 0.4) is 0 Å². The summed E-state index contributed by atoms with van der Waals surface area (Å²) in [6.45, 7) is 2.30. The van der Waals surface area contributed by atoms with Gasteiger partial charge in [-0.2, -0.15) is 5.26 Å². The minimum Gasteiger partial charge on any atom is -0.325 e. The maximum absolute atomic E-state index is 12.7. The first-order chi connectivity index (χ1) is 13.4. The molecule has 0 fully saturated rings. The van der Waals surface area contributed by atoms with Gasteiger partial charge >= 0.3 is 0 Å². The van der Waals surface area contributed by atoms with E-state index in [2.05, 4.69) is 26.2 Å². The fourth-order valence-corrected chi connectivity index (χ4v) is 4.02. The lowest BCUT2D eigenvalue weighted by Crippen LogP contribution is -2.23. The molecule has 0 bridgehead atoms. The summed E-state index contributed by atoms with van der Waals surface area (Å²) in [4.78, 5) is 29.5. The van der Waals surface area contributed by atoms with Gasteiger partial charge in [0.2, 0.25) is 5.91 Å². The van der Waals surface area contributed by atoms with E-state index in [0.717, 1.165) is 4.47 Å². The fraction of sp³-hybridized carbons (Fsp3) is 0.158. The number of aromatic nitrogens is 2. The zero-order valence-electron chi connectivity index (χ0n) is 14.7. The van der Waals surface area contributed by atoms with Gasteiger partial charge in [-0.25, -0.2) is 4.98 Å². The van der Waals surface area contributed by atoms with Crippen LogP contribution in [0.4, 0.5) is 5.69 Å². The summed E-state index contributed by atoms with van der Waals surface area (Å²) in [7, 11) is 0. The topological polar surface area (TPSA) is 87.8 Å². The summed E-state index contributed by atoms with van der Waals surface area (Å²) in [5, 5.41) is 12.9. The van der Waals surface area contributed by atoms with Gasteiger partial charge < -0.3 is 5.32 Å². The van der Waals surface area contributed by atoms with Crippen LogP contribution < -0.4 is 10.9 Å². The normalized spacial score (nSPS) is 10.6. The molecule has 0 spiro atoms. The standard InChI is InChI=1S/C19H14BrClN4O2S/c1-2-25-18(27)14-7-12(20)4-6-16(14)24-19(25)28-10-17(26)23-13-5-3-11(9-22)15(21)8-13/h3-8H,2,10H2,1H3,(H,23,26). The van der Waals surface area contributed by atoms with Crippen LogP contribution in [0.15, 0.2) is 50.8 Å². The Balaban J connectivity index is 1.78. The smallest absolute Gasteiger partial charge is 0.262 e. The van der Waals surface area contributed by atoms with Gasteiger partial charge in [0.25, 0.3) is 5.56 Å². The average molecular weight is 478 g/mol. The Morgan fingerprint density at radius 2 is 2.14 bits per heavy atom. The van der Waals surface area contributed by atoms with Crippen LogP contribution in [-0.4, -0.2) is 21.2 Å². The van der Waals surface area contributed by atoms with E-state index in [1.807, 2.05) is 19.1 Å². The molecule has 0 aliphatic rings. The van der Waals surface area contributed by atoms with Crippen LogP contribution in [0.1, 0.15) is 12.5 Å². The number of anilines is 1. The molecule has 1 aromatic heterocycles. The maximum atomic E-state index is 12.7. The fourth-order valence-electron chi connectivity index (χ4n) is 2.57. The Bertz CT molecular complexity index is 1170. The molecular formula is C19H14BrClN4O2S. The third-order valence-corrected chi connectivity index (χ3v) is 5.69. The van der Waals surface area contributed by atoms with Crippen molar-refractivity contribution in [1.82, 2.24) is 9.55 Å². The molecule has 3 rings (SSSR count). The SMILES string of the molecule is CCn1c(SCC(=O)Nc2ccc(C#N)c(Cl)c2)nc2ccc(Br)cc2c1=O. The van der Waals surface area contributed by atoms with Crippen molar-refractivity contribution in [3.05, 3.63) is 61.8 Å². The van der Waals surface area contributed by atoms with E-state index in [9.17, 15) is 9.59 Å². The van der Waals surface area contributed by atoms with Crippen molar-refractivity contribution < 1.29 is 4.79 Å². The summed E-state index contributed by atoms with van der Waals surface area (Å²) < 4.78 is 2.35. The lowest BCUT2D eigenvalue weighted by Gasteiger charge is -2.11. The number of rotatable bonds is 5. The molecule has 1 amide bonds. The highest BCUT2D eigenvalue weighted by molar-refractivity contribution is 9.10. The second kappa shape index (κ2) is 8.78. The predicted octanol–water partition coefficient (Wildman–Crippen LogP) is 4.43. The molecule has 0 saturated carbocycles. The number of amides is 1. The summed E-state index contributed by atoms with van der Waals surface area (Å²) in [5.74, 6) is -0.190. The van der Waals surface area contributed by atoms with Crippen LogP contribution in [-0.2, 0) is 11.3 Å². The van der Waals surface area contributed by atoms with E-state index < -0.39 is 0 Å². The summed E-state index contributed by atoms with van der Waals surface area (Å²) in [6, 6.07) is 12.0. The van der Waals surface area contributed by atoms with Crippen LogP contribution in [0, 0.1) is 11.3 Å². The number of hydrogen-bond donors (Lipinski definition) is 1. The number of nitrogens with one attached hydrogen (secondary N) is 1. The van der Waals surface area contributed by atoms with E-state index in [-0.39, 0.29) is 22.2 Å². The molecule has 6 nitrogen and oxygen atoms in total. The number of halogens is 2. The van der Waals surface area contributed by atoms with E-state index in [1.54, 1.807) is 28.8 Å². The average Bonchev–Trinajstić information content (AvgIpc) is 2.67. The number of nitrogens with zero attached hydrogens (tertiary/aromatic N) is 3. The monoisotopic (exact) mass is 476 g/mol. The van der Waals surface area contributed by atoms with Gasteiger partial charge in [0.15, 0.2) is 5.16 Å². The summed E-state index contributed by atoms with van der Waals surface area (Å²) >= 11 is 10.5. The molecule has 1 N–H and O–H groups in total. The highest BCUT2D eigenvalue weighted by Gasteiger charge is 2.13. The molecule has 142 valence electrons. The van der Waals surface area contributed by atoms with Gasteiger partial charge in [0, 0.05) is 16.7 Å². The second-order valence-corrected chi connectivity index (χ2v) is 8.01. The molecule has 28 heavy (non-hydrogen) atoms. The lowest BCUT2D eigenvalue weighted by atomic mass is 10.2. The van der Waals surface area contributed by atoms with Crippen molar-refractivity contribution >= 4 is 61.8 Å². The zero-order chi connectivity index (χ0) is 20.3. The number of thioether (sulfide) groups is 1. The molecule has 0 aliphatic heterocycles. The second-order valence-electron chi connectivity index (χ2n) is 5.75. The summed E-state index contributed by atoms with van der Waals surface area (Å²) in [5.41, 5.74) is 1.28. The minimum atomic E-state index is -0.265. The third-order valence-electron chi connectivity index (χ3n) is 3.90. The first-order valence-electron chi connectivity index (χ1n) is 8.25. The Hall–Kier alpha value is -2.34. The molecule has 0 aliphatic carbocycles. The van der Waals surface area contributed by atoms with Crippen molar-refractivity contribution in [2.75, 3.05) is 11.1 Å². The number of carbonyl (C=O) groups is 1. The lowest BCUT2D eigenvalue weighted by molar-refractivity contribution is -0.113. The van der Waals surface area contributed by atoms with Crippen LogP contribution >= 0.6 is 39.3 Å². The Labute approximate surface area is 178 Å². The van der Waals surface area contributed by atoms with Gasteiger partial charge in [-0.05, 0) is 43.3 Å². The van der Waals surface area contributed by atoms with E-state index in [0.29, 0.717) is 33.9 Å². The Morgan fingerprint density at radius 1 is 1.36 bits per heavy atom. The molecule has 0 radical (unpaired) electrons. The highest BCUT2D eigenvalue weighted by Crippen LogP contribution is 2.22. The number of carbonyl (C=O) groups excluding carboxylic acids is 1. The van der Waals surface area contributed by atoms with Crippen molar-refractivity contribution in [2.45, 2.75) is 18.6 Å². The highest BCUT2D eigenvalue weighted by atomic mass is 79.9. The van der Waals surface area contributed by atoms with Crippen molar-refractivity contribution in [3.8, 4) is 6.07 Å². The molecule has 1 heterocycles. The Kier molecular flexibility index (Phi) is 6.39. The number of fused-ring (bicyclic) bond motifs is 1. The van der Waals surface area contributed by atoms with Crippen LogP contribution in [0.25, 0.3) is 10.9 Å². The largest absolute Gasteiger partial charge is 0.325 e. The van der Waals surface area contributed by atoms with Gasteiger partial charge in [-0.15, -0.1) is 0 Å². The Morgan fingerprint density at radius 3 is 2.82 bits per heavy atom. The zero-order valence-corrected chi connectivity index (χ0v) is 17.9. The van der Waals surface area contributed by atoms with Gasteiger partial charge in [0.1, 0.15) is 6.07 Å². The third kappa shape index (κ3) is 4.38. The quantitative estimate of drug-likeness (QED) is 0.434. The number of nitriles is 1. The van der Waals surface area contributed by atoms with E-state index in [1.165, 1.54) is 17.8 Å². The first kappa shape index (κ1) is 20.4. The minimum absolute atomic E-state index is 0.0755. The molecule has 0 atom stereocenters. The molecule has 9 heteroatoms. The van der Waals surface area contributed by atoms with E-state index in [4.69, 9.17) is 16.9 Å². The van der Waals surface area contributed by atoms with Crippen LogP contribution in [0.2, 0.25) is 5.02 Å². The van der Waals surface area contributed by atoms with Crippen LogP contribution in [0.5, 0.6) is 0 Å². The molecule has 3 aromatic rings. The van der Waals surface area contributed by atoms with Crippen molar-refractivity contribution in [2.24, 2.45) is 0 Å². The van der Waals surface area contributed by atoms with Gasteiger partial charge in [-0.1, -0.05) is 39.3 Å².